The molecule has 1 nitrogen and oxygen atoms in total. The highest BCUT2D eigenvalue weighted by Crippen LogP contribution is 2.32. The zero-order valence-electron chi connectivity index (χ0n) is 6.43. The van der Waals surface area contributed by atoms with Crippen molar-refractivity contribution in [2.45, 2.75) is 19.3 Å². The van der Waals surface area contributed by atoms with Gasteiger partial charge < -0.3 is 4.90 Å². The minimum Gasteiger partial charge on any atom is -0.309 e. The fourth-order valence-electron chi connectivity index (χ4n) is 0.900. The Balaban J connectivity index is 1.81. The number of nitrogens with zero attached hydrogens (tertiary/aromatic N) is 1. The predicted molar refractivity (Wildman–Crippen MR) is 40.2 cm³/mol. The lowest BCUT2D eigenvalue weighted by Gasteiger charge is -2.07. The van der Waals surface area contributed by atoms with E-state index in [4.69, 9.17) is 0 Å². The van der Waals surface area contributed by atoms with Crippen molar-refractivity contribution in [1.29, 1.82) is 0 Å². The van der Waals surface area contributed by atoms with Crippen molar-refractivity contribution in [1.82, 2.24) is 4.90 Å². The smallest absolute Gasteiger partial charge is 0.00220 e. The standard InChI is InChI=1S/C8H16N/c1-9(2)7-3-4-8-5-6-8/h4,8H,3,5-7H2,1-2H3. The molecule has 0 aromatic heterocycles. The third-order valence-corrected chi connectivity index (χ3v) is 1.70. The van der Waals surface area contributed by atoms with E-state index in [1.165, 1.54) is 25.8 Å². The lowest BCUT2D eigenvalue weighted by atomic mass is 10.2. The zero-order valence-corrected chi connectivity index (χ0v) is 6.43. The van der Waals surface area contributed by atoms with Crippen molar-refractivity contribution in [3.05, 3.63) is 6.42 Å². The van der Waals surface area contributed by atoms with Gasteiger partial charge in [-0.15, -0.1) is 0 Å². The molecular weight excluding hydrogens is 110 g/mol. The van der Waals surface area contributed by atoms with Gasteiger partial charge in [0.1, 0.15) is 0 Å². The first kappa shape index (κ1) is 7.07. The van der Waals surface area contributed by atoms with Gasteiger partial charge in [0, 0.05) is 0 Å². The van der Waals surface area contributed by atoms with Gasteiger partial charge in [-0.25, -0.2) is 0 Å². The highest BCUT2D eigenvalue weighted by atomic mass is 15.0. The van der Waals surface area contributed by atoms with E-state index in [2.05, 4.69) is 25.4 Å². The number of hydrogen-bond donors (Lipinski definition) is 0. The molecule has 1 heteroatoms. The second kappa shape index (κ2) is 3.21. The molecule has 9 heavy (non-hydrogen) atoms. The Morgan fingerprint density at radius 1 is 1.44 bits per heavy atom. The topological polar surface area (TPSA) is 3.24 Å². The Labute approximate surface area is 58.0 Å². The molecule has 0 atom stereocenters. The molecule has 1 rings (SSSR count). The summed E-state index contributed by atoms with van der Waals surface area (Å²) in [4.78, 5) is 2.24. The Morgan fingerprint density at radius 3 is 2.56 bits per heavy atom. The molecule has 0 aromatic rings. The number of hydrogen-bond acceptors (Lipinski definition) is 1. The zero-order chi connectivity index (χ0) is 6.69. The van der Waals surface area contributed by atoms with E-state index in [1.807, 2.05) is 0 Å². The van der Waals surface area contributed by atoms with Crippen LogP contribution in [-0.4, -0.2) is 25.5 Å². The van der Waals surface area contributed by atoms with E-state index in [0.29, 0.717) is 0 Å². The van der Waals surface area contributed by atoms with E-state index in [-0.39, 0.29) is 0 Å². The molecule has 1 aliphatic carbocycles. The Kier molecular flexibility index (Phi) is 2.52. The molecule has 0 N–H and O–H groups in total. The average molecular weight is 126 g/mol. The summed E-state index contributed by atoms with van der Waals surface area (Å²) < 4.78 is 0. The first-order valence-electron chi connectivity index (χ1n) is 3.77. The van der Waals surface area contributed by atoms with Gasteiger partial charge in [-0.3, -0.25) is 0 Å². The monoisotopic (exact) mass is 126 g/mol. The molecule has 0 saturated heterocycles. The highest BCUT2D eigenvalue weighted by molar-refractivity contribution is 4.86. The normalized spacial score (nSPS) is 19.0. The SMILES string of the molecule is CN(C)CC[CH]C1CC1. The lowest BCUT2D eigenvalue weighted by Crippen LogP contribution is -2.12. The molecule has 1 aliphatic rings. The van der Waals surface area contributed by atoms with Crippen LogP contribution in [0.5, 0.6) is 0 Å². The van der Waals surface area contributed by atoms with Gasteiger partial charge in [0.05, 0.1) is 0 Å². The summed E-state index contributed by atoms with van der Waals surface area (Å²) in [5.74, 6) is 0.991. The van der Waals surface area contributed by atoms with Crippen molar-refractivity contribution in [2.24, 2.45) is 5.92 Å². The van der Waals surface area contributed by atoms with E-state index in [1.54, 1.807) is 0 Å². The lowest BCUT2D eigenvalue weighted by molar-refractivity contribution is 0.409. The van der Waals surface area contributed by atoms with Gasteiger partial charge in [0.15, 0.2) is 0 Å². The van der Waals surface area contributed by atoms with Crippen molar-refractivity contribution in [2.75, 3.05) is 20.6 Å². The van der Waals surface area contributed by atoms with E-state index in [9.17, 15) is 0 Å². The molecule has 0 spiro atoms. The summed E-state index contributed by atoms with van der Waals surface area (Å²) in [6, 6.07) is 0. The number of rotatable bonds is 4. The van der Waals surface area contributed by atoms with Crippen molar-refractivity contribution >= 4 is 0 Å². The fraction of sp³-hybridized carbons (Fsp3) is 0.875. The molecule has 0 unspecified atom stereocenters. The average Bonchev–Trinajstić information content (AvgIpc) is 2.48. The maximum Gasteiger partial charge on any atom is -0.00220 e. The maximum atomic E-state index is 2.46. The van der Waals surface area contributed by atoms with Crippen LogP contribution in [0.1, 0.15) is 19.3 Å². The third kappa shape index (κ3) is 3.52. The highest BCUT2D eigenvalue weighted by Gasteiger charge is 2.20. The first-order valence-corrected chi connectivity index (χ1v) is 3.77. The van der Waals surface area contributed by atoms with E-state index >= 15 is 0 Å². The molecule has 0 aliphatic heterocycles. The minimum absolute atomic E-state index is 0.991. The van der Waals surface area contributed by atoms with E-state index in [0.717, 1.165) is 5.92 Å². The first-order chi connectivity index (χ1) is 4.29. The van der Waals surface area contributed by atoms with Gasteiger partial charge in [-0.1, -0.05) is 0 Å². The molecule has 1 fully saturated rings. The van der Waals surface area contributed by atoms with Crippen LogP contribution in [0.15, 0.2) is 0 Å². The van der Waals surface area contributed by atoms with Crippen molar-refractivity contribution in [3.8, 4) is 0 Å². The Bertz CT molecular complexity index is 72.6. The Morgan fingerprint density at radius 2 is 2.11 bits per heavy atom. The largest absolute Gasteiger partial charge is 0.309 e. The Hall–Kier alpha value is -0.0400. The summed E-state index contributed by atoms with van der Waals surface area (Å²) in [5, 5.41) is 0. The van der Waals surface area contributed by atoms with Crippen LogP contribution in [0.2, 0.25) is 0 Å². The van der Waals surface area contributed by atoms with Gasteiger partial charge in [0.25, 0.3) is 0 Å². The fourth-order valence-corrected chi connectivity index (χ4v) is 0.900. The van der Waals surface area contributed by atoms with Crippen LogP contribution in [-0.2, 0) is 0 Å². The molecule has 0 amide bonds. The van der Waals surface area contributed by atoms with Crippen LogP contribution in [0.3, 0.4) is 0 Å². The van der Waals surface area contributed by atoms with Gasteiger partial charge >= 0.3 is 0 Å². The molecule has 0 heterocycles. The van der Waals surface area contributed by atoms with E-state index < -0.39 is 0 Å². The molecule has 0 aromatic carbocycles. The summed E-state index contributed by atoms with van der Waals surface area (Å²) in [6.07, 6.45) is 6.64. The van der Waals surface area contributed by atoms with Crippen LogP contribution in [0.4, 0.5) is 0 Å². The molecule has 1 saturated carbocycles. The maximum absolute atomic E-state index is 2.46. The second-order valence-corrected chi connectivity index (χ2v) is 3.17. The van der Waals surface area contributed by atoms with Crippen LogP contribution in [0.25, 0.3) is 0 Å². The van der Waals surface area contributed by atoms with Crippen LogP contribution < -0.4 is 0 Å². The molecular formula is C8H16N. The van der Waals surface area contributed by atoms with Crippen molar-refractivity contribution < 1.29 is 0 Å². The molecule has 0 bridgehead atoms. The van der Waals surface area contributed by atoms with Crippen LogP contribution in [0, 0.1) is 12.3 Å². The van der Waals surface area contributed by atoms with Crippen LogP contribution >= 0.6 is 0 Å². The second-order valence-electron chi connectivity index (χ2n) is 3.17. The predicted octanol–water partition coefficient (Wildman–Crippen LogP) is 1.55. The van der Waals surface area contributed by atoms with Gasteiger partial charge in [-0.2, -0.15) is 0 Å². The summed E-state index contributed by atoms with van der Waals surface area (Å²) >= 11 is 0. The van der Waals surface area contributed by atoms with Gasteiger partial charge in [0.2, 0.25) is 0 Å². The minimum atomic E-state index is 0.991. The summed E-state index contributed by atoms with van der Waals surface area (Å²) in [5.41, 5.74) is 0. The molecule has 53 valence electrons. The molecule has 1 radical (unpaired) electrons. The third-order valence-electron chi connectivity index (χ3n) is 1.70. The summed E-state index contributed by atoms with van der Waals surface area (Å²) in [7, 11) is 4.25. The van der Waals surface area contributed by atoms with Crippen molar-refractivity contribution in [3.63, 3.8) is 0 Å². The quantitative estimate of drug-likeness (QED) is 0.552. The van der Waals surface area contributed by atoms with Gasteiger partial charge in [-0.05, 0) is 52.2 Å². The summed E-state index contributed by atoms with van der Waals surface area (Å²) in [6.45, 7) is 1.22.